The molecule has 0 aliphatic heterocycles. The Morgan fingerprint density at radius 1 is 1.14 bits per heavy atom. The SMILES string of the molecule is O=C(Nc1cccc(N=Cc2cc([N+](=O)[O-])cc(Br)c2[O-])c1)c1ccc(F)cc1. The lowest BCUT2D eigenvalue weighted by molar-refractivity contribution is -0.385. The Morgan fingerprint density at radius 3 is 2.55 bits per heavy atom. The maximum absolute atomic E-state index is 13.0. The lowest BCUT2D eigenvalue weighted by atomic mass is 10.2. The van der Waals surface area contributed by atoms with E-state index in [0.29, 0.717) is 11.4 Å². The molecule has 3 aromatic rings. The van der Waals surface area contributed by atoms with E-state index < -0.39 is 22.4 Å². The highest BCUT2D eigenvalue weighted by Crippen LogP contribution is 2.30. The minimum Gasteiger partial charge on any atom is -0.871 e. The van der Waals surface area contributed by atoms with Crippen LogP contribution in [0.3, 0.4) is 0 Å². The van der Waals surface area contributed by atoms with E-state index in [4.69, 9.17) is 0 Å². The number of nitrogens with zero attached hydrogens (tertiary/aromatic N) is 2. The van der Waals surface area contributed by atoms with Crippen molar-refractivity contribution >= 4 is 45.1 Å². The van der Waals surface area contributed by atoms with Crippen LogP contribution in [0, 0.1) is 15.9 Å². The molecule has 3 aromatic carbocycles. The molecule has 0 aliphatic rings. The number of rotatable bonds is 5. The van der Waals surface area contributed by atoms with Crippen LogP contribution in [-0.4, -0.2) is 17.0 Å². The number of hydrogen-bond acceptors (Lipinski definition) is 5. The van der Waals surface area contributed by atoms with Crippen molar-refractivity contribution in [3.8, 4) is 5.75 Å². The lowest BCUT2D eigenvalue weighted by Crippen LogP contribution is -2.11. The summed E-state index contributed by atoms with van der Waals surface area (Å²) >= 11 is 3.01. The van der Waals surface area contributed by atoms with E-state index in [-0.39, 0.29) is 21.3 Å². The summed E-state index contributed by atoms with van der Waals surface area (Å²) in [6.45, 7) is 0. The normalized spacial score (nSPS) is 10.8. The monoisotopic (exact) mass is 456 g/mol. The van der Waals surface area contributed by atoms with Crippen molar-refractivity contribution in [2.45, 2.75) is 0 Å². The molecule has 0 aliphatic carbocycles. The van der Waals surface area contributed by atoms with E-state index >= 15 is 0 Å². The molecule has 0 bridgehead atoms. The van der Waals surface area contributed by atoms with Crippen LogP contribution in [0.4, 0.5) is 21.5 Å². The molecule has 1 amide bonds. The van der Waals surface area contributed by atoms with Crippen LogP contribution < -0.4 is 10.4 Å². The van der Waals surface area contributed by atoms with Crippen molar-refractivity contribution in [2.24, 2.45) is 4.99 Å². The Hall–Kier alpha value is -3.59. The number of carbonyl (C=O) groups is 1. The van der Waals surface area contributed by atoms with Gasteiger partial charge in [0.05, 0.1) is 10.6 Å². The van der Waals surface area contributed by atoms with Crippen molar-refractivity contribution in [1.29, 1.82) is 0 Å². The van der Waals surface area contributed by atoms with E-state index in [1.165, 1.54) is 30.5 Å². The van der Waals surface area contributed by atoms with Gasteiger partial charge in [-0.1, -0.05) is 27.7 Å². The fraction of sp³-hybridized carbons (Fsp3) is 0. The van der Waals surface area contributed by atoms with Gasteiger partial charge in [0.15, 0.2) is 0 Å². The molecule has 146 valence electrons. The zero-order valence-electron chi connectivity index (χ0n) is 14.6. The number of non-ortho nitro benzene ring substituents is 1. The zero-order valence-corrected chi connectivity index (χ0v) is 16.2. The van der Waals surface area contributed by atoms with Crippen molar-refractivity contribution < 1.29 is 19.2 Å². The second-order valence-corrected chi connectivity index (χ2v) is 6.73. The molecule has 9 heteroatoms. The summed E-state index contributed by atoms with van der Waals surface area (Å²) in [6, 6.07) is 13.9. The smallest absolute Gasteiger partial charge is 0.271 e. The number of nitrogens with one attached hydrogen (secondary N) is 1. The number of carbonyl (C=O) groups excluding carboxylic acids is 1. The number of nitro groups is 1. The highest BCUT2D eigenvalue weighted by Gasteiger charge is 2.10. The van der Waals surface area contributed by atoms with E-state index in [9.17, 15) is 24.4 Å². The van der Waals surface area contributed by atoms with Crippen LogP contribution in [-0.2, 0) is 0 Å². The molecular weight excluding hydrogens is 445 g/mol. The zero-order chi connectivity index (χ0) is 21.0. The predicted molar refractivity (Wildman–Crippen MR) is 108 cm³/mol. The maximum Gasteiger partial charge on any atom is 0.271 e. The molecule has 0 saturated carbocycles. The third kappa shape index (κ3) is 5.02. The molecule has 0 saturated heterocycles. The summed E-state index contributed by atoms with van der Waals surface area (Å²) in [5.74, 6) is -1.29. The predicted octanol–water partition coefficient (Wildman–Crippen LogP) is 4.57. The summed E-state index contributed by atoms with van der Waals surface area (Å²) < 4.78 is 13.0. The van der Waals surface area contributed by atoms with Crippen LogP contribution in [0.5, 0.6) is 5.75 Å². The number of halogens is 2. The molecule has 3 rings (SSSR count). The molecule has 0 radical (unpaired) electrons. The Bertz CT molecular complexity index is 1120. The first-order valence-electron chi connectivity index (χ1n) is 8.19. The summed E-state index contributed by atoms with van der Waals surface area (Å²) in [4.78, 5) is 26.7. The first-order chi connectivity index (χ1) is 13.8. The van der Waals surface area contributed by atoms with Gasteiger partial charge in [0.1, 0.15) is 5.82 Å². The topological polar surface area (TPSA) is 108 Å². The van der Waals surface area contributed by atoms with E-state index in [1.54, 1.807) is 24.3 Å². The number of amides is 1. The van der Waals surface area contributed by atoms with E-state index in [1.807, 2.05) is 0 Å². The van der Waals surface area contributed by atoms with Crippen LogP contribution in [0.15, 0.2) is 70.1 Å². The number of anilines is 1. The molecular formula is C20H12BrFN3O4-. The second-order valence-electron chi connectivity index (χ2n) is 5.87. The minimum absolute atomic E-state index is 0.0480. The largest absolute Gasteiger partial charge is 0.871 e. The standard InChI is InChI=1S/C20H13BrFN3O4/c21-18-10-17(25(28)29)8-13(19(18)26)11-23-15-2-1-3-16(9-15)24-20(27)12-4-6-14(22)7-5-12/h1-11,26H,(H,24,27)/p-1. The number of nitro benzene ring substituents is 1. The molecule has 0 aromatic heterocycles. The van der Waals surface area contributed by atoms with Gasteiger partial charge >= 0.3 is 0 Å². The molecule has 0 atom stereocenters. The van der Waals surface area contributed by atoms with Gasteiger partial charge in [0, 0.05) is 34.1 Å². The molecule has 29 heavy (non-hydrogen) atoms. The first-order valence-corrected chi connectivity index (χ1v) is 8.99. The van der Waals surface area contributed by atoms with Crippen molar-refractivity contribution in [2.75, 3.05) is 5.32 Å². The minimum atomic E-state index is -0.604. The van der Waals surface area contributed by atoms with Gasteiger partial charge in [0.2, 0.25) is 0 Å². The maximum atomic E-state index is 13.0. The molecule has 0 unspecified atom stereocenters. The average molecular weight is 457 g/mol. The molecule has 7 nitrogen and oxygen atoms in total. The molecule has 1 N–H and O–H groups in total. The average Bonchev–Trinajstić information content (AvgIpc) is 2.69. The Morgan fingerprint density at radius 2 is 1.86 bits per heavy atom. The fourth-order valence-corrected chi connectivity index (χ4v) is 2.88. The van der Waals surface area contributed by atoms with Gasteiger partial charge in [-0.25, -0.2) is 4.39 Å². The number of hydrogen-bond donors (Lipinski definition) is 1. The van der Waals surface area contributed by atoms with E-state index in [2.05, 4.69) is 26.2 Å². The highest BCUT2D eigenvalue weighted by atomic mass is 79.9. The summed E-state index contributed by atoms with van der Waals surface area (Å²) in [5.41, 5.74) is 0.961. The summed E-state index contributed by atoms with van der Waals surface area (Å²) in [5, 5.41) is 25.7. The number of aliphatic imine (C=N–C) groups is 1. The summed E-state index contributed by atoms with van der Waals surface area (Å²) in [6.07, 6.45) is 1.22. The molecule has 0 heterocycles. The van der Waals surface area contributed by atoms with Gasteiger partial charge in [-0.3, -0.25) is 19.9 Å². The Balaban J connectivity index is 1.80. The third-order valence-corrected chi connectivity index (χ3v) is 4.42. The fourth-order valence-electron chi connectivity index (χ4n) is 2.41. The van der Waals surface area contributed by atoms with Crippen LogP contribution >= 0.6 is 15.9 Å². The third-order valence-electron chi connectivity index (χ3n) is 3.83. The van der Waals surface area contributed by atoms with E-state index in [0.717, 1.165) is 12.1 Å². The van der Waals surface area contributed by atoms with Crippen molar-refractivity contribution in [3.63, 3.8) is 0 Å². The Labute approximate surface area is 172 Å². The molecule has 0 spiro atoms. The highest BCUT2D eigenvalue weighted by molar-refractivity contribution is 9.10. The van der Waals surface area contributed by atoms with Crippen molar-refractivity contribution in [1.82, 2.24) is 0 Å². The van der Waals surface area contributed by atoms with Gasteiger partial charge < -0.3 is 10.4 Å². The Kier molecular flexibility index (Phi) is 5.99. The van der Waals surface area contributed by atoms with Gasteiger partial charge in [-0.15, -0.1) is 0 Å². The molecule has 0 fully saturated rings. The summed E-state index contributed by atoms with van der Waals surface area (Å²) in [7, 11) is 0. The van der Waals surface area contributed by atoms with Crippen LogP contribution in [0.25, 0.3) is 0 Å². The van der Waals surface area contributed by atoms with Crippen LogP contribution in [0.1, 0.15) is 15.9 Å². The van der Waals surface area contributed by atoms with Crippen LogP contribution in [0.2, 0.25) is 0 Å². The van der Waals surface area contributed by atoms with Gasteiger partial charge in [0.25, 0.3) is 11.6 Å². The van der Waals surface area contributed by atoms with Gasteiger partial charge in [-0.05, 0) is 48.0 Å². The first kappa shape index (κ1) is 20.2. The van der Waals surface area contributed by atoms with Gasteiger partial charge in [-0.2, -0.15) is 0 Å². The second kappa shape index (κ2) is 8.61. The lowest BCUT2D eigenvalue weighted by Gasteiger charge is -2.12. The van der Waals surface area contributed by atoms with Crippen molar-refractivity contribution in [3.05, 3.63) is 92.2 Å². The quantitative estimate of drug-likeness (QED) is 0.344. The number of benzene rings is 3.